The molecular formula is C32H29F3IN7. The number of fused-ring (bicyclic) bond motifs is 3. The van der Waals surface area contributed by atoms with Crippen LogP contribution in [0, 0.1) is 22.9 Å². The summed E-state index contributed by atoms with van der Waals surface area (Å²) in [7, 11) is 0. The zero-order valence-electron chi connectivity index (χ0n) is 23.6. The van der Waals surface area contributed by atoms with Crippen LogP contribution in [0.2, 0.25) is 0 Å². The zero-order valence-corrected chi connectivity index (χ0v) is 25.7. The monoisotopic (exact) mass is 695 g/mol. The Labute approximate surface area is 261 Å². The van der Waals surface area contributed by atoms with Crippen molar-refractivity contribution in [2.45, 2.75) is 36.9 Å². The molecular weight excluding hydrogens is 666 g/mol. The Morgan fingerprint density at radius 2 is 1.74 bits per heavy atom. The number of aromatic nitrogens is 2. The third-order valence-corrected chi connectivity index (χ3v) is 8.46. The van der Waals surface area contributed by atoms with Crippen molar-refractivity contribution in [1.82, 2.24) is 20.2 Å². The summed E-state index contributed by atoms with van der Waals surface area (Å²) in [6.07, 6.45) is 1.62. The molecule has 0 saturated carbocycles. The van der Waals surface area contributed by atoms with Gasteiger partial charge >= 0.3 is 0 Å². The number of halogens is 4. The predicted octanol–water partition coefficient (Wildman–Crippen LogP) is 6.60. The van der Waals surface area contributed by atoms with Gasteiger partial charge in [-0.15, -0.1) is 0 Å². The summed E-state index contributed by atoms with van der Waals surface area (Å²) in [5.74, 6) is -1.53. The molecule has 1 saturated heterocycles. The first kappa shape index (κ1) is 29.2. The number of anilines is 2. The fourth-order valence-corrected chi connectivity index (χ4v) is 6.15. The Bertz CT molecular complexity index is 1730. The van der Waals surface area contributed by atoms with E-state index in [1.807, 2.05) is 36.9 Å². The number of hydrogen-bond donors (Lipinski definition) is 3. The molecule has 2 unspecified atom stereocenters. The summed E-state index contributed by atoms with van der Waals surface area (Å²) in [5.41, 5.74) is 4.17. The molecule has 0 bridgehead atoms. The molecule has 0 aliphatic carbocycles. The molecule has 4 aromatic rings. The normalized spacial score (nSPS) is 17.9. The summed E-state index contributed by atoms with van der Waals surface area (Å²) in [6.45, 7) is 5.47. The van der Waals surface area contributed by atoms with Crippen LogP contribution in [-0.4, -0.2) is 51.6 Å². The lowest BCUT2D eigenvalue weighted by molar-refractivity contribution is 0.254. The number of rotatable bonds is 5. The number of piperazine rings is 1. The van der Waals surface area contributed by atoms with Gasteiger partial charge in [0, 0.05) is 58.2 Å². The van der Waals surface area contributed by atoms with E-state index >= 15 is 4.39 Å². The smallest absolute Gasteiger partial charge is 0.227 e. The predicted molar refractivity (Wildman–Crippen MR) is 171 cm³/mol. The number of nitrogens with zero attached hydrogens (tertiary/aromatic N) is 4. The molecule has 3 heterocycles. The van der Waals surface area contributed by atoms with Gasteiger partial charge in [-0.25, -0.2) is 23.1 Å². The Morgan fingerprint density at radius 1 is 1.00 bits per heavy atom. The molecule has 0 spiro atoms. The molecule has 11 heteroatoms. The van der Waals surface area contributed by atoms with Crippen LogP contribution in [0.25, 0.3) is 11.3 Å². The average molecular weight is 696 g/mol. The molecule has 1 aromatic heterocycles. The van der Waals surface area contributed by atoms with Crippen molar-refractivity contribution in [3.8, 4) is 11.3 Å². The van der Waals surface area contributed by atoms with Crippen molar-refractivity contribution in [1.29, 1.82) is 5.41 Å². The molecule has 3 N–H and O–H groups in total. The quantitative estimate of drug-likeness (QED) is 0.0949. The van der Waals surface area contributed by atoms with Crippen molar-refractivity contribution in [2.24, 2.45) is 4.99 Å². The Hall–Kier alpha value is -3.84. The van der Waals surface area contributed by atoms with Gasteiger partial charge in [-0.3, -0.25) is 10.4 Å². The first-order chi connectivity index (χ1) is 20.7. The van der Waals surface area contributed by atoms with Gasteiger partial charge in [-0.05, 0) is 55.8 Å². The summed E-state index contributed by atoms with van der Waals surface area (Å²) in [6, 6.07) is 14.5. The minimum absolute atomic E-state index is 0.127. The summed E-state index contributed by atoms with van der Waals surface area (Å²) in [5, 5.41) is 15.1. The van der Waals surface area contributed by atoms with E-state index in [9.17, 15) is 8.78 Å². The number of hydrogen-bond acceptors (Lipinski definition) is 6. The fraction of sp³-hybridized carbons (Fsp3) is 0.250. The van der Waals surface area contributed by atoms with Crippen LogP contribution in [0.4, 0.5) is 24.8 Å². The Morgan fingerprint density at radius 3 is 2.44 bits per heavy atom. The van der Waals surface area contributed by atoms with Gasteiger partial charge in [-0.1, -0.05) is 40.8 Å². The minimum atomic E-state index is -0.691. The summed E-state index contributed by atoms with van der Waals surface area (Å²) in [4.78, 5) is 15.7. The summed E-state index contributed by atoms with van der Waals surface area (Å²) < 4.78 is 45.8. The third kappa shape index (κ3) is 5.87. The van der Waals surface area contributed by atoms with E-state index in [1.54, 1.807) is 18.3 Å². The van der Waals surface area contributed by atoms with Crippen molar-refractivity contribution in [3.05, 3.63) is 106 Å². The SMILES string of the molecule is CC1CN(C(=N)c2ccc(Nc3ncc4c(n3)-c3ccc(CI)cc3C(c3c(F)cccc3F)=NC4)cc2F)CC(C)N1. The lowest BCUT2D eigenvalue weighted by Crippen LogP contribution is -2.55. The van der Waals surface area contributed by atoms with Crippen LogP contribution in [0.1, 0.15) is 41.7 Å². The Balaban J connectivity index is 1.32. The van der Waals surface area contributed by atoms with Crippen LogP contribution < -0.4 is 10.6 Å². The second-order valence-corrected chi connectivity index (χ2v) is 11.6. The van der Waals surface area contributed by atoms with Gasteiger partial charge in [0.1, 0.15) is 23.3 Å². The van der Waals surface area contributed by atoms with E-state index in [2.05, 4.69) is 43.2 Å². The molecule has 0 radical (unpaired) electrons. The van der Waals surface area contributed by atoms with Crippen LogP contribution in [0.15, 0.2) is 65.8 Å². The number of aliphatic imine (C=N–C) groups is 1. The molecule has 1 fully saturated rings. The highest BCUT2D eigenvalue weighted by molar-refractivity contribution is 14.1. The van der Waals surface area contributed by atoms with E-state index in [1.165, 1.54) is 24.3 Å². The largest absolute Gasteiger partial charge is 0.353 e. The Kier molecular flexibility index (Phi) is 8.19. The number of amidine groups is 1. The molecule has 2 aliphatic heterocycles. The van der Waals surface area contributed by atoms with E-state index in [0.29, 0.717) is 45.6 Å². The van der Waals surface area contributed by atoms with Crippen LogP contribution in [0.3, 0.4) is 0 Å². The van der Waals surface area contributed by atoms with Crippen LogP contribution in [-0.2, 0) is 11.0 Å². The molecule has 220 valence electrons. The van der Waals surface area contributed by atoms with Crippen molar-refractivity contribution >= 4 is 45.8 Å². The van der Waals surface area contributed by atoms with Crippen molar-refractivity contribution < 1.29 is 13.2 Å². The zero-order chi connectivity index (χ0) is 30.2. The lowest BCUT2D eigenvalue weighted by Gasteiger charge is -2.37. The van der Waals surface area contributed by atoms with Crippen molar-refractivity contribution in [3.63, 3.8) is 0 Å². The molecule has 43 heavy (non-hydrogen) atoms. The fourth-order valence-electron chi connectivity index (χ4n) is 5.67. The van der Waals surface area contributed by atoms with E-state index < -0.39 is 17.5 Å². The van der Waals surface area contributed by atoms with Gasteiger partial charge in [-0.2, -0.15) is 0 Å². The van der Waals surface area contributed by atoms with Crippen LogP contribution >= 0.6 is 22.6 Å². The van der Waals surface area contributed by atoms with Crippen LogP contribution in [0.5, 0.6) is 0 Å². The molecule has 2 atom stereocenters. The van der Waals surface area contributed by atoms with E-state index in [0.717, 1.165) is 5.56 Å². The average Bonchev–Trinajstić information content (AvgIpc) is 3.13. The first-order valence-electron chi connectivity index (χ1n) is 13.9. The molecule has 3 aromatic carbocycles. The maximum Gasteiger partial charge on any atom is 0.227 e. The maximum atomic E-state index is 15.3. The second kappa shape index (κ2) is 12.0. The minimum Gasteiger partial charge on any atom is -0.353 e. The highest BCUT2D eigenvalue weighted by Gasteiger charge is 2.27. The number of benzene rings is 3. The molecule has 0 amide bonds. The van der Waals surface area contributed by atoms with Crippen molar-refractivity contribution in [2.75, 3.05) is 18.4 Å². The standard InChI is InChI=1S/C32H29F3IN7/c1-17-15-43(16-18(2)40-17)31(37)23-9-7-21(11-27(23)35)41-32-39-14-20-13-38-30(28-25(33)4-3-5-26(28)34)24-10-19(12-36)6-8-22(24)29(20)42-32/h3-11,14,17-18,37,40H,12-13,15-16H2,1-2H3,(H,39,41,42). The van der Waals surface area contributed by atoms with Gasteiger partial charge in [0.25, 0.3) is 0 Å². The molecule has 6 rings (SSSR count). The number of nitrogens with one attached hydrogen (secondary N) is 3. The van der Waals surface area contributed by atoms with E-state index in [4.69, 9.17) is 10.4 Å². The highest BCUT2D eigenvalue weighted by atomic mass is 127. The maximum absolute atomic E-state index is 15.3. The highest BCUT2D eigenvalue weighted by Crippen LogP contribution is 2.34. The van der Waals surface area contributed by atoms with Gasteiger partial charge in [0.05, 0.1) is 29.1 Å². The van der Waals surface area contributed by atoms with Gasteiger partial charge in [0.2, 0.25) is 5.95 Å². The first-order valence-corrected chi connectivity index (χ1v) is 15.4. The second-order valence-electron chi connectivity index (χ2n) is 10.9. The third-order valence-electron chi connectivity index (χ3n) is 7.57. The van der Waals surface area contributed by atoms with Gasteiger partial charge in [0.15, 0.2) is 0 Å². The topological polar surface area (TPSA) is 89.3 Å². The molecule has 7 nitrogen and oxygen atoms in total. The van der Waals surface area contributed by atoms with E-state index in [-0.39, 0.29) is 47.3 Å². The van der Waals surface area contributed by atoms with Gasteiger partial charge < -0.3 is 15.5 Å². The number of alkyl halides is 1. The molecule has 2 aliphatic rings. The summed E-state index contributed by atoms with van der Waals surface area (Å²) >= 11 is 2.24. The lowest BCUT2D eigenvalue weighted by atomic mass is 9.93.